The summed E-state index contributed by atoms with van der Waals surface area (Å²) in [6.07, 6.45) is -4.36. The van der Waals surface area contributed by atoms with Crippen molar-refractivity contribution in [2.45, 2.75) is 45.5 Å². The van der Waals surface area contributed by atoms with Gasteiger partial charge in [-0.05, 0) is 79.8 Å². The van der Waals surface area contributed by atoms with Crippen LogP contribution in [0.2, 0.25) is 0 Å². The monoisotopic (exact) mass is 512 g/mol. The Labute approximate surface area is 215 Å². The molecular formula is C30H32F4N2O. The highest BCUT2D eigenvalue weighted by Crippen LogP contribution is 2.36. The number of carbonyl (C=O) groups excluding carboxylic acids is 1. The first-order valence-corrected chi connectivity index (χ1v) is 12.5. The van der Waals surface area contributed by atoms with Crippen LogP contribution in [0, 0.1) is 18.7 Å². The number of halogens is 4. The molecule has 7 heteroatoms. The van der Waals surface area contributed by atoms with Crippen LogP contribution >= 0.6 is 0 Å². The first-order chi connectivity index (χ1) is 17.5. The molecule has 0 radical (unpaired) electrons. The molecule has 1 amide bonds. The molecule has 2 atom stereocenters. The minimum atomic E-state index is -4.36. The maximum atomic E-state index is 13.4. The van der Waals surface area contributed by atoms with E-state index in [4.69, 9.17) is 0 Å². The highest BCUT2D eigenvalue weighted by molar-refractivity contribution is 5.94. The first-order valence-electron chi connectivity index (χ1n) is 12.5. The van der Waals surface area contributed by atoms with E-state index in [1.807, 2.05) is 30.9 Å². The van der Waals surface area contributed by atoms with Crippen LogP contribution in [0.5, 0.6) is 0 Å². The third kappa shape index (κ3) is 6.39. The second-order valence-electron chi connectivity index (χ2n) is 10.2. The number of nitrogens with zero attached hydrogens (tertiary/aromatic N) is 2. The number of likely N-dealkylation sites (tertiary alicyclic amines) is 1. The average Bonchev–Trinajstić information content (AvgIpc) is 3.24. The highest BCUT2D eigenvalue weighted by Gasteiger charge is 2.37. The number of hydrogen-bond acceptors (Lipinski definition) is 2. The lowest BCUT2D eigenvalue weighted by atomic mass is 9.86. The van der Waals surface area contributed by atoms with Gasteiger partial charge in [0, 0.05) is 43.7 Å². The van der Waals surface area contributed by atoms with Crippen LogP contribution in [0.4, 0.5) is 17.6 Å². The van der Waals surface area contributed by atoms with Gasteiger partial charge in [-0.15, -0.1) is 0 Å². The van der Waals surface area contributed by atoms with Gasteiger partial charge in [0.05, 0.1) is 5.56 Å². The van der Waals surface area contributed by atoms with Crippen molar-refractivity contribution in [3.05, 3.63) is 106 Å². The zero-order valence-corrected chi connectivity index (χ0v) is 21.3. The molecule has 0 N–H and O–H groups in total. The number of alkyl halides is 3. The van der Waals surface area contributed by atoms with Crippen molar-refractivity contribution >= 4 is 5.91 Å². The van der Waals surface area contributed by atoms with E-state index in [0.717, 1.165) is 24.2 Å². The number of amides is 1. The van der Waals surface area contributed by atoms with Crippen molar-refractivity contribution in [1.29, 1.82) is 0 Å². The van der Waals surface area contributed by atoms with Gasteiger partial charge in [-0.1, -0.05) is 36.4 Å². The average molecular weight is 513 g/mol. The second kappa shape index (κ2) is 11.1. The quantitative estimate of drug-likeness (QED) is 0.321. The number of aryl methyl sites for hydroxylation is 1. The molecule has 3 aromatic carbocycles. The standard InChI is InChI=1S/C30H32F4N2O/c1-20(2)36(29(37)23-10-14-26(31)15-11-23)18-24-17-35(19-28(24)27-7-5-4-6-21(27)3)16-22-8-12-25(13-9-22)30(32,33)34/h4-15,20,24,28H,16-19H2,1-3H3. The van der Waals surface area contributed by atoms with Crippen LogP contribution in [0.3, 0.4) is 0 Å². The molecule has 0 aliphatic carbocycles. The van der Waals surface area contributed by atoms with E-state index in [-0.39, 0.29) is 29.6 Å². The minimum Gasteiger partial charge on any atom is -0.336 e. The van der Waals surface area contributed by atoms with Gasteiger partial charge in [0.1, 0.15) is 5.82 Å². The van der Waals surface area contributed by atoms with Crippen molar-refractivity contribution in [3.8, 4) is 0 Å². The lowest BCUT2D eigenvalue weighted by Crippen LogP contribution is -2.42. The van der Waals surface area contributed by atoms with Crippen LogP contribution in [0.1, 0.15) is 52.4 Å². The fraction of sp³-hybridized carbons (Fsp3) is 0.367. The fourth-order valence-electron chi connectivity index (χ4n) is 5.23. The van der Waals surface area contributed by atoms with Crippen LogP contribution < -0.4 is 0 Å². The van der Waals surface area contributed by atoms with Crippen molar-refractivity contribution in [2.24, 2.45) is 5.92 Å². The van der Waals surface area contributed by atoms with Gasteiger partial charge in [0.15, 0.2) is 0 Å². The van der Waals surface area contributed by atoms with Gasteiger partial charge in [-0.2, -0.15) is 13.2 Å². The molecule has 0 saturated carbocycles. The molecule has 0 spiro atoms. The topological polar surface area (TPSA) is 23.6 Å². The first kappa shape index (κ1) is 26.9. The molecule has 1 fully saturated rings. The number of carbonyl (C=O) groups is 1. The van der Waals surface area contributed by atoms with Crippen molar-refractivity contribution in [3.63, 3.8) is 0 Å². The Hall–Kier alpha value is -3.19. The smallest absolute Gasteiger partial charge is 0.336 e. The van der Waals surface area contributed by atoms with E-state index in [1.54, 1.807) is 0 Å². The van der Waals surface area contributed by atoms with Crippen LogP contribution in [0.15, 0.2) is 72.8 Å². The molecule has 196 valence electrons. The van der Waals surface area contributed by atoms with Crippen LogP contribution in [0.25, 0.3) is 0 Å². The molecule has 3 nitrogen and oxygen atoms in total. The molecule has 37 heavy (non-hydrogen) atoms. The largest absolute Gasteiger partial charge is 0.416 e. The van der Waals surface area contributed by atoms with Gasteiger partial charge in [0.25, 0.3) is 5.91 Å². The van der Waals surface area contributed by atoms with Crippen LogP contribution in [-0.2, 0) is 12.7 Å². The Kier molecular flexibility index (Phi) is 8.02. The van der Waals surface area contributed by atoms with E-state index in [1.165, 1.54) is 47.5 Å². The van der Waals surface area contributed by atoms with E-state index in [2.05, 4.69) is 24.0 Å². The van der Waals surface area contributed by atoms with E-state index in [9.17, 15) is 22.4 Å². The predicted octanol–water partition coefficient (Wildman–Crippen LogP) is 6.92. The summed E-state index contributed by atoms with van der Waals surface area (Å²) in [6, 6.07) is 19.1. The van der Waals surface area contributed by atoms with Gasteiger partial charge in [-0.3, -0.25) is 9.69 Å². The molecule has 0 bridgehead atoms. The van der Waals surface area contributed by atoms with E-state index < -0.39 is 11.7 Å². The molecule has 1 aliphatic rings. The van der Waals surface area contributed by atoms with Gasteiger partial charge < -0.3 is 4.90 Å². The van der Waals surface area contributed by atoms with E-state index >= 15 is 0 Å². The fourth-order valence-corrected chi connectivity index (χ4v) is 5.23. The van der Waals surface area contributed by atoms with Gasteiger partial charge in [-0.25, -0.2) is 4.39 Å². The summed E-state index contributed by atoms with van der Waals surface area (Å²) >= 11 is 0. The SMILES string of the molecule is Cc1ccccc1C1CN(Cc2ccc(C(F)(F)F)cc2)CC1CN(C(=O)c1ccc(F)cc1)C(C)C. The van der Waals surface area contributed by atoms with Gasteiger partial charge >= 0.3 is 6.18 Å². The molecule has 0 aromatic heterocycles. The maximum absolute atomic E-state index is 13.4. The number of hydrogen-bond donors (Lipinski definition) is 0. The summed E-state index contributed by atoms with van der Waals surface area (Å²) in [5.74, 6) is -0.234. The van der Waals surface area contributed by atoms with Crippen LogP contribution in [-0.4, -0.2) is 41.4 Å². The van der Waals surface area contributed by atoms with E-state index in [0.29, 0.717) is 25.2 Å². The molecule has 3 aromatic rings. The zero-order chi connectivity index (χ0) is 26.7. The van der Waals surface area contributed by atoms with Gasteiger partial charge in [0.2, 0.25) is 0 Å². The van der Waals surface area contributed by atoms with Crippen molar-refractivity contribution in [1.82, 2.24) is 9.80 Å². The lowest BCUT2D eigenvalue weighted by molar-refractivity contribution is -0.137. The summed E-state index contributed by atoms with van der Waals surface area (Å²) < 4.78 is 52.4. The Bertz CT molecular complexity index is 1210. The molecule has 1 saturated heterocycles. The Morgan fingerprint density at radius 2 is 1.62 bits per heavy atom. The van der Waals surface area contributed by atoms with Crippen molar-refractivity contribution in [2.75, 3.05) is 19.6 Å². The summed E-state index contributed by atoms with van der Waals surface area (Å²) in [5.41, 5.74) is 3.01. The summed E-state index contributed by atoms with van der Waals surface area (Å²) in [4.78, 5) is 17.5. The molecular weight excluding hydrogens is 480 g/mol. The zero-order valence-electron chi connectivity index (χ0n) is 21.3. The van der Waals surface area contributed by atoms with Crippen molar-refractivity contribution < 1.29 is 22.4 Å². The predicted molar refractivity (Wildman–Crippen MR) is 137 cm³/mol. The second-order valence-corrected chi connectivity index (χ2v) is 10.2. The summed E-state index contributed by atoms with van der Waals surface area (Å²) in [5, 5.41) is 0. The summed E-state index contributed by atoms with van der Waals surface area (Å²) in [6.45, 7) is 8.53. The highest BCUT2D eigenvalue weighted by atomic mass is 19.4. The third-order valence-corrected chi connectivity index (χ3v) is 7.20. The minimum absolute atomic E-state index is 0.0564. The molecule has 1 aliphatic heterocycles. The molecule has 2 unspecified atom stereocenters. The summed E-state index contributed by atoms with van der Waals surface area (Å²) in [7, 11) is 0. The maximum Gasteiger partial charge on any atom is 0.416 e. The Balaban J connectivity index is 1.57. The lowest BCUT2D eigenvalue weighted by Gasteiger charge is -2.32. The normalized spacial score (nSPS) is 18.4. The molecule has 4 rings (SSSR count). The number of rotatable bonds is 7. The number of benzene rings is 3. The molecule has 1 heterocycles. The Morgan fingerprint density at radius 1 is 0.973 bits per heavy atom. The third-order valence-electron chi connectivity index (χ3n) is 7.20. The Morgan fingerprint density at radius 3 is 2.22 bits per heavy atom.